The van der Waals surface area contributed by atoms with E-state index in [1.165, 1.54) is 0 Å². The number of fused-ring (bicyclic) bond motifs is 1. The van der Waals surface area contributed by atoms with E-state index in [1.807, 2.05) is 6.07 Å². The minimum Gasteiger partial charge on any atom is -0.467 e. The number of hydrogen-bond donors (Lipinski definition) is 1. The number of aryl methyl sites for hydroxylation is 1. The Bertz CT molecular complexity index is 650. The van der Waals surface area contributed by atoms with Crippen LogP contribution in [0.2, 0.25) is 0 Å². The third kappa shape index (κ3) is 2.93. The molecule has 0 spiro atoms. The molecule has 0 unspecified atom stereocenters. The van der Waals surface area contributed by atoms with Crippen molar-refractivity contribution in [3.63, 3.8) is 0 Å². The molecule has 0 radical (unpaired) electrons. The number of furan rings is 1. The SMILES string of the molecule is CC(C)(C)[C@H]1CCc2onc(C(=O)NCc3ccco3)c2C1. The van der Waals surface area contributed by atoms with Gasteiger partial charge in [-0.1, -0.05) is 25.9 Å². The van der Waals surface area contributed by atoms with Crippen molar-refractivity contribution < 1.29 is 13.7 Å². The minimum absolute atomic E-state index is 0.198. The average Bonchev–Trinajstić information content (AvgIpc) is 3.12. The quantitative estimate of drug-likeness (QED) is 0.944. The summed E-state index contributed by atoms with van der Waals surface area (Å²) in [5.74, 6) is 1.92. The van der Waals surface area contributed by atoms with Gasteiger partial charge in [0, 0.05) is 12.0 Å². The third-order valence-corrected chi connectivity index (χ3v) is 4.48. The van der Waals surface area contributed by atoms with E-state index in [0.29, 0.717) is 18.2 Å². The number of aromatic nitrogens is 1. The maximum atomic E-state index is 12.4. The summed E-state index contributed by atoms with van der Waals surface area (Å²) in [6, 6.07) is 3.63. The normalized spacial score (nSPS) is 18.0. The molecule has 5 heteroatoms. The maximum Gasteiger partial charge on any atom is 0.274 e. The van der Waals surface area contributed by atoms with E-state index in [9.17, 15) is 4.79 Å². The van der Waals surface area contributed by atoms with Crippen molar-refractivity contribution in [3.05, 3.63) is 41.2 Å². The Balaban J connectivity index is 1.73. The highest BCUT2D eigenvalue weighted by Crippen LogP contribution is 2.38. The number of nitrogens with one attached hydrogen (secondary N) is 1. The summed E-state index contributed by atoms with van der Waals surface area (Å²) >= 11 is 0. The Labute approximate surface area is 130 Å². The van der Waals surface area contributed by atoms with Crippen molar-refractivity contribution in [2.45, 2.75) is 46.6 Å². The molecule has 1 atom stereocenters. The van der Waals surface area contributed by atoms with Crippen LogP contribution >= 0.6 is 0 Å². The Morgan fingerprint density at radius 1 is 1.45 bits per heavy atom. The van der Waals surface area contributed by atoms with Crippen LogP contribution in [0.5, 0.6) is 0 Å². The number of amides is 1. The van der Waals surface area contributed by atoms with Crippen LogP contribution in [-0.4, -0.2) is 11.1 Å². The predicted molar refractivity (Wildman–Crippen MR) is 81.4 cm³/mol. The van der Waals surface area contributed by atoms with Gasteiger partial charge in [-0.25, -0.2) is 0 Å². The predicted octanol–water partition coefficient (Wildman–Crippen LogP) is 3.35. The summed E-state index contributed by atoms with van der Waals surface area (Å²) in [4.78, 5) is 12.4. The van der Waals surface area contributed by atoms with Gasteiger partial charge >= 0.3 is 0 Å². The molecule has 1 amide bonds. The Hall–Kier alpha value is -2.04. The van der Waals surface area contributed by atoms with E-state index in [0.717, 1.165) is 36.3 Å². The first-order valence-electron chi connectivity index (χ1n) is 7.73. The molecule has 1 N–H and O–H groups in total. The molecule has 0 bridgehead atoms. The second kappa shape index (κ2) is 5.63. The molecule has 5 nitrogen and oxygen atoms in total. The Kier molecular flexibility index (Phi) is 3.81. The fourth-order valence-corrected chi connectivity index (χ4v) is 2.99. The van der Waals surface area contributed by atoms with Crippen LogP contribution in [0.15, 0.2) is 27.3 Å². The van der Waals surface area contributed by atoms with Crippen molar-refractivity contribution in [2.75, 3.05) is 0 Å². The third-order valence-electron chi connectivity index (χ3n) is 4.48. The minimum atomic E-state index is -0.198. The molecular formula is C17H22N2O3. The van der Waals surface area contributed by atoms with Gasteiger partial charge in [-0.15, -0.1) is 0 Å². The molecule has 0 saturated carbocycles. The van der Waals surface area contributed by atoms with Gasteiger partial charge in [0.25, 0.3) is 5.91 Å². The van der Waals surface area contributed by atoms with Gasteiger partial charge in [-0.3, -0.25) is 4.79 Å². The molecule has 22 heavy (non-hydrogen) atoms. The fourth-order valence-electron chi connectivity index (χ4n) is 2.99. The molecule has 118 valence electrons. The highest BCUT2D eigenvalue weighted by molar-refractivity contribution is 5.93. The molecule has 2 aromatic heterocycles. The van der Waals surface area contributed by atoms with Crippen LogP contribution in [0.1, 0.15) is 54.8 Å². The zero-order valence-electron chi connectivity index (χ0n) is 13.3. The van der Waals surface area contributed by atoms with E-state index in [1.54, 1.807) is 12.3 Å². The molecule has 0 saturated heterocycles. The van der Waals surface area contributed by atoms with E-state index < -0.39 is 0 Å². The van der Waals surface area contributed by atoms with E-state index in [4.69, 9.17) is 8.94 Å². The topological polar surface area (TPSA) is 68.3 Å². The lowest BCUT2D eigenvalue weighted by molar-refractivity contribution is 0.0937. The Morgan fingerprint density at radius 2 is 2.27 bits per heavy atom. The maximum absolute atomic E-state index is 12.4. The van der Waals surface area contributed by atoms with Gasteiger partial charge in [0.05, 0.1) is 12.8 Å². The fraction of sp³-hybridized carbons (Fsp3) is 0.529. The van der Waals surface area contributed by atoms with Crippen molar-refractivity contribution in [2.24, 2.45) is 11.3 Å². The molecule has 1 aliphatic rings. The van der Waals surface area contributed by atoms with Crippen LogP contribution < -0.4 is 5.32 Å². The smallest absolute Gasteiger partial charge is 0.274 e. The largest absolute Gasteiger partial charge is 0.467 e. The van der Waals surface area contributed by atoms with Crippen molar-refractivity contribution >= 4 is 5.91 Å². The van der Waals surface area contributed by atoms with Gasteiger partial charge in [0.2, 0.25) is 0 Å². The molecule has 0 aliphatic heterocycles. The van der Waals surface area contributed by atoms with Crippen LogP contribution in [0.3, 0.4) is 0 Å². The molecule has 3 rings (SSSR count). The lowest BCUT2D eigenvalue weighted by Crippen LogP contribution is -2.29. The van der Waals surface area contributed by atoms with Crippen molar-refractivity contribution in [1.29, 1.82) is 0 Å². The van der Waals surface area contributed by atoms with Gasteiger partial charge in [-0.2, -0.15) is 0 Å². The Morgan fingerprint density at radius 3 is 2.95 bits per heavy atom. The van der Waals surface area contributed by atoms with E-state index in [-0.39, 0.29) is 11.3 Å². The lowest BCUT2D eigenvalue weighted by Gasteiger charge is -2.33. The van der Waals surface area contributed by atoms with Crippen LogP contribution in [-0.2, 0) is 19.4 Å². The average molecular weight is 302 g/mol. The summed E-state index contributed by atoms with van der Waals surface area (Å²) in [7, 11) is 0. The number of carbonyl (C=O) groups is 1. The number of nitrogens with zero attached hydrogens (tertiary/aromatic N) is 1. The molecular weight excluding hydrogens is 280 g/mol. The molecule has 2 heterocycles. The highest BCUT2D eigenvalue weighted by Gasteiger charge is 2.34. The lowest BCUT2D eigenvalue weighted by atomic mass is 9.71. The van der Waals surface area contributed by atoms with Gasteiger partial charge < -0.3 is 14.3 Å². The van der Waals surface area contributed by atoms with Gasteiger partial charge in [0.15, 0.2) is 5.69 Å². The second-order valence-electron chi connectivity index (χ2n) is 7.00. The van der Waals surface area contributed by atoms with E-state index in [2.05, 4.69) is 31.2 Å². The summed E-state index contributed by atoms with van der Waals surface area (Å²) in [6.45, 7) is 7.09. The van der Waals surface area contributed by atoms with Crippen LogP contribution in [0.25, 0.3) is 0 Å². The molecule has 0 fully saturated rings. The first-order chi connectivity index (χ1) is 10.4. The zero-order chi connectivity index (χ0) is 15.7. The van der Waals surface area contributed by atoms with E-state index >= 15 is 0 Å². The van der Waals surface area contributed by atoms with Crippen LogP contribution in [0.4, 0.5) is 0 Å². The molecule has 2 aromatic rings. The summed E-state index contributed by atoms with van der Waals surface area (Å²) in [5.41, 5.74) is 1.62. The van der Waals surface area contributed by atoms with Crippen molar-refractivity contribution in [1.82, 2.24) is 10.5 Å². The zero-order valence-corrected chi connectivity index (χ0v) is 13.3. The van der Waals surface area contributed by atoms with Crippen LogP contribution in [0, 0.1) is 11.3 Å². The number of hydrogen-bond acceptors (Lipinski definition) is 4. The van der Waals surface area contributed by atoms with Crippen molar-refractivity contribution in [3.8, 4) is 0 Å². The first kappa shape index (κ1) is 14.9. The summed E-state index contributed by atoms with van der Waals surface area (Å²) in [6.07, 6.45) is 4.38. The summed E-state index contributed by atoms with van der Waals surface area (Å²) < 4.78 is 10.6. The highest BCUT2D eigenvalue weighted by atomic mass is 16.5. The summed E-state index contributed by atoms with van der Waals surface area (Å²) in [5, 5.41) is 6.83. The van der Waals surface area contributed by atoms with Gasteiger partial charge in [-0.05, 0) is 36.3 Å². The monoisotopic (exact) mass is 302 g/mol. The second-order valence-corrected chi connectivity index (χ2v) is 7.00. The first-order valence-corrected chi connectivity index (χ1v) is 7.73. The number of carbonyl (C=O) groups excluding carboxylic acids is 1. The molecule has 0 aromatic carbocycles. The number of rotatable bonds is 3. The standard InChI is InChI=1S/C17H22N2O3/c1-17(2,3)11-6-7-14-13(9-11)15(19-22-14)16(20)18-10-12-5-4-8-21-12/h4-5,8,11H,6-7,9-10H2,1-3H3,(H,18,20)/t11-/m0/s1. The molecule has 1 aliphatic carbocycles. The van der Waals surface area contributed by atoms with Gasteiger partial charge in [0.1, 0.15) is 11.5 Å².